The molecule has 1 saturated heterocycles. The van der Waals surface area contributed by atoms with Gasteiger partial charge in [-0.2, -0.15) is 0 Å². The molecule has 2 rings (SSSR count). The average Bonchev–Trinajstić information content (AvgIpc) is 2.34. The van der Waals surface area contributed by atoms with E-state index >= 15 is 0 Å². The number of piperazine rings is 1. The second kappa shape index (κ2) is 6.38. The van der Waals surface area contributed by atoms with Crippen molar-refractivity contribution in [1.29, 1.82) is 0 Å². The Morgan fingerprint density at radius 2 is 1.94 bits per heavy atom. The summed E-state index contributed by atoms with van der Waals surface area (Å²) in [5.74, 6) is 0. The molecule has 0 spiro atoms. The summed E-state index contributed by atoms with van der Waals surface area (Å²) in [5.41, 5.74) is 0.598. The Morgan fingerprint density at radius 3 is 2.61 bits per heavy atom. The normalized spacial score (nSPS) is 33.5. The smallest absolute Gasteiger partial charge is 0.0195 e. The lowest BCUT2D eigenvalue weighted by molar-refractivity contribution is 0.0629. The molecular formula is C16H32N2. The summed E-state index contributed by atoms with van der Waals surface area (Å²) in [6, 6.07) is 1.45. The van der Waals surface area contributed by atoms with Crippen molar-refractivity contribution in [2.24, 2.45) is 5.41 Å². The fraction of sp³-hybridized carbons (Fsp3) is 1.00. The van der Waals surface area contributed by atoms with Crippen LogP contribution in [0.5, 0.6) is 0 Å². The molecule has 1 aliphatic carbocycles. The second-order valence-corrected chi connectivity index (χ2v) is 7.04. The maximum absolute atomic E-state index is 3.71. The minimum atomic E-state index is 0.598. The molecule has 0 aromatic rings. The Morgan fingerprint density at radius 1 is 1.22 bits per heavy atom. The molecule has 2 atom stereocenters. The van der Waals surface area contributed by atoms with Crippen molar-refractivity contribution in [3.8, 4) is 0 Å². The van der Waals surface area contributed by atoms with Gasteiger partial charge < -0.3 is 5.32 Å². The molecule has 0 amide bonds. The van der Waals surface area contributed by atoms with Gasteiger partial charge >= 0.3 is 0 Å². The van der Waals surface area contributed by atoms with Crippen molar-refractivity contribution < 1.29 is 0 Å². The van der Waals surface area contributed by atoms with Crippen LogP contribution in [0, 0.1) is 5.41 Å². The minimum Gasteiger partial charge on any atom is -0.311 e. The van der Waals surface area contributed by atoms with Crippen molar-refractivity contribution in [3.63, 3.8) is 0 Å². The first-order chi connectivity index (χ1) is 8.63. The van der Waals surface area contributed by atoms with Crippen LogP contribution in [0.25, 0.3) is 0 Å². The maximum Gasteiger partial charge on any atom is 0.0195 e. The molecule has 0 aromatic carbocycles. The topological polar surface area (TPSA) is 15.3 Å². The van der Waals surface area contributed by atoms with E-state index in [1.807, 2.05) is 0 Å². The predicted molar refractivity (Wildman–Crippen MR) is 78.9 cm³/mol. The first kappa shape index (κ1) is 14.3. The van der Waals surface area contributed by atoms with Crippen LogP contribution in [0.3, 0.4) is 0 Å². The van der Waals surface area contributed by atoms with Crippen LogP contribution in [-0.4, -0.2) is 36.6 Å². The van der Waals surface area contributed by atoms with Crippen LogP contribution in [0.4, 0.5) is 0 Å². The molecule has 2 aliphatic rings. The monoisotopic (exact) mass is 252 g/mol. The Bertz CT molecular complexity index is 245. The molecule has 1 saturated carbocycles. The lowest BCUT2D eigenvalue weighted by atomic mass is 9.75. The van der Waals surface area contributed by atoms with Gasteiger partial charge in [-0.05, 0) is 31.6 Å². The van der Waals surface area contributed by atoms with Crippen molar-refractivity contribution in [2.75, 3.05) is 19.6 Å². The van der Waals surface area contributed by atoms with Gasteiger partial charge in [0.25, 0.3) is 0 Å². The lowest BCUT2D eigenvalue weighted by Crippen LogP contribution is -2.57. The molecule has 1 aliphatic heterocycles. The van der Waals surface area contributed by atoms with Gasteiger partial charge in [-0.1, -0.05) is 39.5 Å². The van der Waals surface area contributed by atoms with Gasteiger partial charge in [0, 0.05) is 31.7 Å². The molecule has 1 heterocycles. The van der Waals surface area contributed by atoms with E-state index in [0.717, 1.165) is 12.1 Å². The highest BCUT2D eigenvalue weighted by Gasteiger charge is 2.33. The van der Waals surface area contributed by atoms with E-state index < -0.39 is 0 Å². The highest BCUT2D eigenvalue weighted by Crippen LogP contribution is 2.37. The maximum atomic E-state index is 3.71. The number of nitrogens with zero attached hydrogens (tertiary/aromatic N) is 1. The van der Waals surface area contributed by atoms with Crippen LogP contribution in [0.15, 0.2) is 0 Å². The fourth-order valence-electron chi connectivity index (χ4n) is 3.81. The molecule has 0 radical (unpaired) electrons. The fourth-order valence-corrected chi connectivity index (χ4v) is 3.81. The van der Waals surface area contributed by atoms with Crippen LogP contribution >= 0.6 is 0 Å². The third kappa shape index (κ3) is 3.71. The Balaban J connectivity index is 1.89. The van der Waals surface area contributed by atoms with Gasteiger partial charge in [0.2, 0.25) is 0 Å². The van der Waals surface area contributed by atoms with Gasteiger partial charge in [0.1, 0.15) is 0 Å². The molecule has 2 unspecified atom stereocenters. The molecule has 18 heavy (non-hydrogen) atoms. The first-order valence-corrected chi connectivity index (χ1v) is 8.10. The summed E-state index contributed by atoms with van der Waals surface area (Å²) in [6.07, 6.45) is 9.90. The van der Waals surface area contributed by atoms with E-state index in [2.05, 4.69) is 31.0 Å². The zero-order valence-corrected chi connectivity index (χ0v) is 12.7. The first-order valence-electron chi connectivity index (χ1n) is 8.10. The quantitative estimate of drug-likeness (QED) is 0.825. The molecule has 2 nitrogen and oxygen atoms in total. The van der Waals surface area contributed by atoms with E-state index in [1.165, 1.54) is 64.6 Å². The summed E-state index contributed by atoms with van der Waals surface area (Å²) < 4.78 is 0. The Hall–Kier alpha value is -0.0800. The van der Waals surface area contributed by atoms with E-state index in [4.69, 9.17) is 0 Å². The minimum absolute atomic E-state index is 0.598. The van der Waals surface area contributed by atoms with E-state index in [0.29, 0.717) is 5.41 Å². The number of rotatable bonds is 4. The molecule has 0 aromatic heterocycles. The summed E-state index contributed by atoms with van der Waals surface area (Å²) >= 11 is 0. The highest BCUT2D eigenvalue weighted by atomic mass is 15.2. The molecule has 1 N–H and O–H groups in total. The third-order valence-corrected chi connectivity index (χ3v) is 5.06. The van der Waals surface area contributed by atoms with E-state index in [9.17, 15) is 0 Å². The van der Waals surface area contributed by atoms with E-state index in [1.54, 1.807) is 0 Å². The van der Waals surface area contributed by atoms with E-state index in [-0.39, 0.29) is 0 Å². The molecule has 2 fully saturated rings. The average molecular weight is 252 g/mol. The second-order valence-electron chi connectivity index (χ2n) is 7.04. The third-order valence-electron chi connectivity index (χ3n) is 5.06. The summed E-state index contributed by atoms with van der Waals surface area (Å²) in [7, 11) is 0. The molecular weight excluding hydrogens is 220 g/mol. The van der Waals surface area contributed by atoms with Crippen LogP contribution < -0.4 is 5.32 Å². The number of hydrogen-bond donors (Lipinski definition) is 1. The SMILES string of the molecule is CCCC1CN(CC2(C)CCCCC2)C(C)CN1. The summed E-state index contributed by atoms with van der Waals surface area (Å²) in [4.78, 5) is 2.77. The number of hydrogen-bond acceptors (Lipinski definition) is 2. The predicted octanol–water partition coefficient (Wildman–Crippen LogP) is 3.42. The van der Waals surface area contributed by atoms with Gasteiger partial charge in [0.15, 0.2) is 0 Å². The van der Waals surface area contributed by atoms with Crippen LogP contribution in [-0.2, 0) is 0 Å². The zero-order chi connectivity index (χ0) is 13.0. The van der Waals surface area contributed by atoms with Crippen molar-refractivity contribution in [3.05, 3.63) is 0 Å². The Kier molecular flexibility index (Phi) is 5.08. The Labute approximate surface area is 114 Å². The largest absolute Gasteiger partial charge is 0.311 e. The standard InChI is InChI=1S/C16H32N2/c1-4-8-15-12-18(14(2)11-17-15)13-16(3)9-6-5-7-10-16/h14-15,17H,4-13H2,1-3H3. The lowest BCUT2D eigenvalue weighted by Gasteiger charge is -2.45. The van der Waals surface area contributed by atoms with Gasteiger partial charge in [-0.3, -0.25) is 4.90 Å². The summed E-state index contributed by atoms with van der Waals surface area (Å²) in [6.45, 7) is 11.0. The van der Waals surface area contributed by atoms with Crippen molar-refractivity contribution in [1.82, 2.24) is 10.2 Å². The molecule has 0 bridgehead atoms. The van der Waals surface area contributed by atoms with Gasteiger partial charge in [0.05, 0.1) is 0 Å². The van der Waals surface area contributed by atoms with Crippen molar-refractivity contribution in [2.45, 2.75) is 77.8 Å². The van der Waals surface area contributed by atoms with Crippen LogP contribution in [0.1, 0.15) is 65.7 Å². The molecule has 106 valence electrons. The van der Waals surface area contributed by atoms with Gasteiger partial charge in [-0.25, -0.2) is 0 Å². The molecule has 2 heteroatoms. The summed E-state index contributed by atoms with van der Waals surface area (Å²) in [5, 5.41) is 3.71. The number of nitrogens with one attached hydrogen (secondary N) is 1. The zero-order valence-electron chi connectivity index (χ0n) is 12.7. The van der Waals surface area contributed by atoms with Gasteiger partial charge in [-0.15, -0.1) is 0 Å². The highest BCUT2D eigenvalue weighted by molar-refractivity contribution is 4.89. The van der Waals surface area contributed by atoms with Crippen LogP contribution in [0.2, 0.25) is 0 Å². The van der Waals surface area contributed by atoms with Crippen molar-refractivity contribution >= 4 is 0 Å².